The van der Waals surface area contributed by atoms with E-state index in [9.17, 15) is 31.5 Å². The Kier molecular flexibility index (Phi) is 5.29. The molecule has 1 saturated carbocycles. The first-order valence-corrected chi connectivity index (χ1v) is 8.88. The van der Waals surface area contributed by atoms with Crippen LogP contribution in [0.15, 0.2) is 18.3 Å². The summed E-state index contributed by atoms with van der Waals surface area (Å²) in [5.74, 6) is -7.50. The van der Waals surface area contributed by atoms with Crippen LogP contribution in [0.5, 0.6) is 0 Å². The molecule has 2 heterocycles. The van der Waals surface area contributed by atoms with Crippen molar-refractivity contribution >= 4 is 17.5 Å². The molecule has 0 unspecified atom stereocenters. The Labute approximate surface area is 167 Å². The lowest BCUT2D eigenvalue weighted by molar-refractivity contribution is -0.151. The van der Waals surface area contributed by atoms with E-state index in [1.165, 1.54) is 25.3 Å². The molecule has 12 heteroatoms. The number of aromatic nitrogens is 3. The van der Waals surface area contributed by atoms with Crippen LogP contribution >= 0.6 is 0 Å². The molecule has 2 atom stereocenters. The van der Waals surface area contributed by atoms with Gasteiger partial charge in [-0.3, -0.25) is 19.3 Å². The van der Waals surface area contributed by atoms with E-state index in [0.29, 0.717) is 6.92 Å². The van der Waals surface area contributed by atoms with Crippen molar-refractivity contribution in [2.24, 2.45) is 17.6 Å². The van der Waals surface area contributed by atoms with Crippen LogP contribution in [0, 0.1) is 18.8 Å². The minimum atomic E-state index is -4.39. The minimum absolute atomic E-state index is 0.111. The molecule has 0 saturated heterocycles. The third kappa shape index (κ3) is 4.41. The fraction of sp³-hybridized carbons (Fsp3) is 0.444. The highest BCUT2D eigenvalue weighted by Crippen LogP contribution is 2.51. The number of hydrogen-bond donors (Lipinski definition) is 2. The van der Waals surface area contributed by atoms with Crippen molar-refractivity contribution in [2.75, 3.05) is 5.32 Å². The molecular formula is C18H18F5N5O2. The summed E-state index contributed by atoms with van der Waals surface area (Å²) in [5, 5.41) is 6.16. The molecule has 3 rings (SSSR count). The van der Waals surface area contributed by atoms with Crippen molar-refractivity contribution in [1.82, 2.24) is 14.8 Å². The molecule has 0 bridgehead atoms. The zero-order valence-electron chi connectivity index (χ0n) is 15.9. The van der Waals surface area contributed by atoms with Gasteiger partial charge in [0.25, 0.3) is 17.7 Å². The zero-order valence-corrected chi connectivity index (χ0v) is 15.9. The van der Waals surface area contributed by atoms with Gasteiger partial charge in [-0.1, -0.05) is 0 Å². The molecule has 162 valence electrons. The van der Waals surface area contributed by atoms with Gasteiger partial charge < -0.3 is 11.1 Å². The Balaban J connectivity index is 1.92. The van der Waals surface area contributed by atoms with Crippen molar-refractivity contribution in [1.29, 1.82) is 0 Å². The number of carbonyl (C=O) groups is 2. The summed E-state index contributed by atoms with van der Waals surface area (Å²) in [6.07, 6.45) is -3.34. The lowest BCUT2D eigenvalue weighted by Crippen LogP contribution is -2.21. The number of alkyl halides is 5. The van der Waals surface area contributed by atoms with E-state index in [-0.39, 0.29) is 35.6 Å². The molecule has 2 aromatic heterocycles. The van der Waals surface area contributed by atoms with E-state index in [1.54, 1.807) is 0 Å². The molecule has 1 aliphatic rings. The Morgan fingerprint density at radius 1 is 1.30 bits per heavy atom. The average Bonchev–Trinajstić information content (AvgIpc) is 3.30. The summed E-state index contributed by atoms with van der Waals surface area (Å²) in [6, 6.07) is 2.53. The van der Waals surface area contributed by atoms with Crippen LogP contribution < -0.4 is 11.1 Å². The van der Waals surface area contributed by atoms with E-state index in [0.717, 1.165) is 4.68 Å². The van der Waals surface area contributed by atoms with Crippen LogP contribution in [-0.2, 0) is 12.5 Å². The number of nitrogens with one attached hydrogen (secondary N) is 1. The highest BCUT2D eigenvalue weighted by molar-refractivity contribution is 6.04. The third-order valence-electron chi connectivity index (χ3n) is 4.84. The monoisotopic (exact) mass is 431 g/mol. The first kappa shape index (κ1) is 21.7. The van der Waals surface area contributed by atoms with Gasteiger partial charge in [0, 0.05) is 30.9 Å². The maximum absolute atomic E-state index is 13.9. The van der Waals surface area contributed by atoms with Gasteiger partial charge in [-0.15, -0.1) is 0 Å². The van der Waals surface area contributed by atoms with Gasteiger partial charge in [0.1, 0.15) is 17.1 Å². The van der Waals surface area contributed by atoms with E-state index in [4.69, 9.17) is 5.73 Å². The largest absolute Gasteiger partial charge is 0.392 e. The Bertz CT molecular complexity index is 996. The lowest BCUT2D eigenvalue weighted by atomic mass is 10.1. The highest BCUT2D eigenvalue weighted by atomic mass is 19.4. The minimum Gasteiger partial charge on any atom is -0.364 e. The van der Waals surface area contributed by atoms with Gasteiger partial charge in [-0.2, -0.15) is 27.1 Å². The molecule has 2 amide bonds. The smallest absolute Gasteiger partial charge is 0.364 e. The summed E-state index contributed by atoms with van der Waals surface area (Å²) >= 11 is 0. The fourth-order valence-corrected chi connectivity index (χ4v) is 3.29. The fourth-order valence-electron chi connectivity index (χ4n) is 3.29. The van der Waals surface area contributed by atoms with Crippen molar-refractivity contribution in [3.8, 4) is 0 Å². The van der Waals surface area contributed by atoms with Gasteiger partial charge in [-0.05, 0) is 31.4 Å². The Morgan fingerprint density at radius 3 is 2.50 bits per heavy atom. The van der Waals surface area contributed by atoms with Gasteiger partial charge in [-0.25, -0.2) is 0 Å². The number of hydrogen-bond acceptors (Lipinski definition) is 4. The number of anilines is 1. The lowest BCUT2D eigenvalue weighted by Gasteiger charge is -2.10. The van der Waals surface area contributed by atoms with Crippen LogP contribution in [0.2, 0.25) is 0 Å². The SMILES string of the molecule is Cc1c(C(C)(F)F)nn(C[C@@H]2C[C@H]2C(F)(F)F)c1C(=O)Nc1ccnc(C(N)=O)c1. The summed E-state index contributed by atoms with van der Waals surface area (Å²) < 4.78 is 67.3. The third-order valence-corrected chi connectivity index (χ3v) is 4.84. The van der Waals surface area contributed by atoms with Crippen molar-refractivity contribution < 1.29 is 31.5 Å². The molecule has 2 aromatic rings. The van der Waals surface area contributed by atoms with Gasteiger partial charge in [0.15, 0.2) is 0 Å². The summed E-state index contributed by atoms with van der Waals surface area (Å²) in [7, 11) is 0. The molecule has 0 aromatic carbocycles. The molecule has 0 aliphatic heterocycles. The number of primary amides is 1. The first-order valence-electron chi connectivity index (χ1n) is 8.88. The van der Waals surface area contributed by atoms with Crippen LogP contribution in [0.3, 0.4) is 0 Å². The normalized spacial score (nSPS) is 18.9. The topological polar surface area (TPSA) is 103 Å². The molecule has 30 heavy (non-hydrogen) atoms. The molecule has 0 spiro atoms. The van der Waals surface area contributed by atoms with E-state index in [1.807, 2.05) is 0 Å². The number of pyridine rings is 1. The molecule has 1 fully saturated rings. The van der Waals surface area contributed by atoms with E-state index < -0.39 is 41.4 Å². The maximum atomic E-state index is 13.9. The van der Waals surface area contributed by atoms with Crippen LogP contribution in [-0.4, -0.2) is 32.8 Å². The van der Waals surface area contributed by atoms with Crippen LogP contribution in [0.4, 0.5) is 27.6 Å². The second-order valence-electron chi connectivity index (χ2n) is 7.28. The number of rotatable bonds is 6. The predicted octanol–water partition coefficient (Wildman–Crippen LogP) is 3.25. The van der Waals surface area contributed by atoms with Gasteiger partial charge >= 0.3 is 6.18 Å². The van der Waals surface area contributed by atoms with Gasteiger partial charge in [0.2, 0.25) is 0 Å². The standard InChI is InChI=1S/C18H18F5N5O2/c1-8-13(16(30)26-10-3-4-25-12(6-10)15(24)29)28(27-14(8)17(2,19)20)7-9-5-11(9)18(21,22)23/h3-4,6,9,11H,5,7H2,1-2H3,(H2,24,29)(H,25,26,30)/t9-,11+/m0/s1. The Hall–Kier alpha value is -3.05. The quantitative estimate of drug-likeness (QED) is 0.686. The number of nitrogens with two attached hydrogens (primary N) is 1. The Morgan fingerprint density at radius 2 is 1.97 bits per heavy atom. The summed E-state index contributed by atoms with van der Waals surface area (Å²) in [4.78, 5) is 27.7. The van der Waals surface area contributed by atoms with E-state index >= 15 is 0 Å². The molecule has 7 nitrogen and oxygen atoms in total. The number of amides is 2. The average molecular weight is 431 g/mol. The van der Waals surface area contributed by atoms with Crippen LogP contribution in [0.25, 0.3) is 0 Å². The van der Waals surface area contributed by atoms with Crippen molar-refractivity contribution in [3.63, 3.8) is 0 Å². The zero-order chi connectivity index (χ0) is 22.4. The highest BCUT2D eigenvalue weighted by Gasteiger charge is 2.56. The molecule has 3 N–H and O–H groups in total. The number of nitrogens with zero attached hydrogens (tertiary/aromatic N) is 3. The van der Waals surface area contributed by atoms with E-state index in [2.05, 4.69) is 15.4 Å². The maximum Gasteiger partial charge on any atom is 0.392 e. The molecule has 1 aliphatic carbocycles. The summed E-state index contributed by atoms with van der Waals surface area (Å²) in [5.41, 5.74) is 3.99. The second-order valence-corrected chi connectivity index (χ2v) is 7.28. The summed E-state index contributed by atoms with van der Waals surface area (Å²) in [6.45, 7) is 1.51. The van der Waals surface area contributed by atoms with Gasteiger partial charge in [0.05, 0.1) is 5.92 Å². The number of halogens is 5. The predicted molar refractivity (Wildman–Crippen MR) is 94.9 cm³/mol. The molecular weight excluding hydrogens is 413 g/mol. The van der Waals surface area contributed by atoms with Crippen LogP contribution in [0.1, 0.15) is 45.6 Å². The van der Waals surface area contributed by atoms with Crippen molar-refractivity contribution in [2.45, 2.75) is 38.9 Å². The first-order chi connectivity index (χ1) is 13.8. The second kappa shape index (κ2) is 7.33. The number of carbonyl (C=O) groups excluding carboxylic acids is 2. The van der Waals surface area contributed by atoms with Crippen molar-refractivity contribution in [3.05, 3.63) is 41.0 Å². The molecule has 0 radical (unpaired) electrons.